The number of anilines is 3. The third-order valence-corrected chi connectivity index (χ3v) is 6.49. The summed E-state index contributed by atoms with van der Waals surface area (Å²) in [5.74, 6) is -0.115. The number of nitrogens with one attached hydrogen (secondary N) is 3. The van der Waals surface area contributed by atoms with Gasteiger partial charge in [0.1, 0.15) is 17.7 Å². The highest BCUT2D eigenvalue weighted by molar-refractivity contribution is 7.16. The number of hydrogen-bond donors (Lipinski definition) is 4. The number of rotatable bonds is 11. The standard InChI is InChI=1S/C24H31F2N5O2S/c1-5-24(33,6-2)20(25)12-28-22(32)16-11-27-21(10-18(16)29-13-23(3,4)26)31-15-7-8-17-19(9-15)34-14-30-17/h7-11,14,20,33H,5-6,12-13H2,1-4H3,(H,28,32)(H2,27,29,31)/t20-/m1/s1. The molecule has 7 nitrogen and oxygen atoms in total. The average molecular weight is 492 g/mol. The number of nitrogens with zero attached hydrogens (tertiary/aromatic N) is 2. The number of alkyl halides is 2. The second-order valence-corrected chi connectivity index (χ2v) is 9.72. The van der Waals surface area contributed by atoms with Crippen molar-refractivity contribution < 1.29 is 18.7 Å². The van der Waals surface area contributed by atoms with Gasteiger partial charge in [-0.25, -0.2) is 18.7 Å². The molecule has 184 valence electrons. The zero-order chi connectivity index (χ0) is 24.9. The molecule has 0 aliphatic rings. The molecule has 0 aliphatic heterocycles. The molecule has 1 amide bonds. The molecule has 0 radical (unpaired) electrons. The number of hydrogen-bond acceptors (Lipinski definition) is 7. The number of carbonyl (C=O) groups excluding carboxylic acids is 1. The van der Waals surface area contributed by atoms with Gasteiger partial charge < -0.3 is 21.1 Å². The van der Waals surface area contributed by atoms with E-state index in [2.05, 4.69) is 25.9 Å². The summed E-state index contributed by atoms with van der Waals surface area (Å²) in [6, 6.07) is 7.31. The third-order valence-electron chi connectivity index (χ3n) is 5.70. The van der Waals surface area contributed by atoms with Gasteiger partial charge in [0.15, 0.2) is 0 Å². The Balaban J connectivity index is 1.80. The van der Waals surface area contributed by atoms with E-state index in [1.165, 1.54) is 31.4 Å². The van der Waals surface area contributed by atoms with E-state index >= 15 is 0 Å². The first-order chi connectivity index (χ1) is 16.0. The maximum atomic E-state index is 14.6. The van der Waals surface area contributed by atoms with Crippen LogP contribution in [0, 0.1) is 0 Å². The summed E-state index contributed by atoms with van der Waals surface area (Å²) in [6.45, 7) is 5.85. The van der Waals surface area contributed by atoms with Crippen molar-refractivity contribution in [2.45, 2.75) is 58.0 Å². The fourth-order valence-electron chi connectivity index (χ4n) is 3.40. The largest absolute Gasteiger partial charge is 0.387 e. The van der Waals surface area contributed by atoms with Crippen LogP contribution in [0.1, 0.15) is 50.9 Å². The summed E-state index contributed by atoms with van der Waals surface area (Å²) in [4.78, 5) is 21.4. The molecule has 0 fully saturated rings. The molecule has 2 heterocycles. The molecular weight excluding hydrogens is 460 g/mol. The molecule has 4 N–H and O–H groups in total. The lowest BCUT2D eigenvalue weighted by molar-refractivity contribution is -0.0399. The Morgan fingerprint density at radius 1 is 1.21 bits per heavy atom. The van der Waals surface area contributed by atoms with Gasteiger partial charge in [0.05, 0.1) is 39.1 Å². The van der Waals surface area contributed by atoms with E-state index in [0.29, 0.717) is 11.5 Å². The number of pyridine rings is 1. The first-order valence-corrected chi connectivity index (χ1v) is 12.1. The molecular formula is C24H31F2N5O2S. The molecule has 1 atom stereocenters. The lowest BCUT2D eigenvalue weighted by Gasteiger charge is -2.29. The molecule has 0 unspecified atom stereocenters. The second-order valence-electron chi connectivity index (χ2n) is 8.84. The van der Waals surface area contributed by atoms with E-state index in [0.717, 1.165) is 15.9 Å². The second kappa shape index (κ2) is 10.6. The topological polar surface area (TPSA) is 99.2 Å². The number of fused-ring (bicyclic) bond motifs is 1. The molecule has 0 bridgehead atoms. The van der Waals surface area contributed by atoms with E-state index in [1.807, 2.05) is 18.2 Å². The lowest BCUT2D eigenvalue weighted by atomic mass is 9.91. The number of amides is 1. The van der Waals surface area contributed by atoms with Crippen LogP contribution in [0.15, 0.2) is 36.0 Å². The SMILES string of the molecule is CCC(O)(CC)[C@H](F)CNC(=O)c1cnc(Nc2ccc3ncsc3c2)cc1NCC(C)(C)F. The summed E-state index contributed by atoms with van der Waals surface area (Å²) in [5.41, 5.74) is 0.935. The Kier molecular flexibility index (Phi) is 8.04. The summed E-state index contributed by atoms with van der Waals surface area (Å²) in [6.07, 6.45) is 0.195. The highest BCUT2D eigenvalue weighted by Crippen LogP contribution is 2.27. The number of thiazole rings is 1. The summed E-state index contributed by atoms with van der Waals surface area (Å²) in [5, 5.41) is 19.0. The van der Waals surface area contributed by atoms with E-state index in [1.54, 1.807) is 25.4 Å². The normalized spacial score (nSPS) is 13.0. The number of aliphatic hydroxyl groups is 1. The third kappa shape index (κ3) is 6.38. The molecule has 0 spiro atoms. The monoisotopic (exact) mass is 491 g/mol. The van der Waals surface area contributed by atoms with E-state index in [-0.39, 0.29) is 31.5 Å². The van der Waals surface area contributed by atoms with Crippen molar-refractivity contribution in [2.75, 3.05) is 23.7 Å². The predicted octanol–water partition coefficient (Wildman–Crippen LogP) is 5.21. The average Bonchev–Trinajstić information content (AvgIpc) is 3.28. The predicted molar refractivity (Wildman–Crippen MR) is 134 cm³/mol. The van der Waals surface area contributed by atoms with E-state index in [4.69, 9.17) is 0 Å². The molecule has 3 rings (SSSR count). The molecule has 0 saturated carbocycles. The number of aromatic nitrogens is 2. The summed E-state index contributed by atoms with van der Waals surface area (Å²) in [7, 11) is 0. The molecule has 1 aromatic carbocycles. The summed E-state index contributed by atoms with van der Waals surface area (Å²) >= 11 is 1.52. The van der Waals surface area contributed by atoms with Crippen LogP contribution in [-0.2, 0) is 0 Å². The number of benzene rings is 1. The van der Waals surface area contributed by atoms with Gasteiger partial charge in [-0.1, -0.05) is 13.8 Å². The van der Waals surface area contributed by atoms with Crippen molar-refractivity contribution in [1.82, 2.24) is 15.3 Å². The summed E-state index contributed by atoms with van der Waals surface area (Å²) < 4.78 is 29.7. The van der Waals surface area contributed by atoms with E-state index in [9.17, 15) is 18.7 Å². The fraction of sp³-hybridized carbons (Fsp3) is 0.458. The minimum atomic E-state index is -1.62. The van der Waals surface area contributed by atoms with E-state index < -0.39 is 23.3 Å². The van der Waals surface area contributed by atoms with Gasteiger partial charge in [-0.3, -0.25) is 4.79 Å². The van der Waals surface area contributed by atoms with Crippen LogP contribution in [0.5, 0.6) is 0 Å². The Morgan fingerprint density at radius 2 is 1.94 bits per heavy atom. The van der Waals surface area contributed by atoms with Gasteiger partial charge in [-0.15, -0.1) is 11.3 Å². The number of halogens is 2. The van der Waals surface area contributed by atoms with Crippen LogP contribution in [0.25, 0.3) is 10.2 Å². The quantitative estimate of drug-likeness (QED) is 0.294. The molecule has 34 heavy (non-hydrogen) atoms. The maximum absolute atomic E-state index is 14.6. The van der Waals surface area contributed by atoms with Gasteiger partial charge >= 0.3 is 0 Å². The zero-order valence-electron chi connectivity index (χ0n) is 19.8. The molecule has 0 aliphatic carbocycles. The lowest BCUT2D eigenvalue weighted by Crippen LogP contribution is -2.45. The molecule has 3 aromatic rings. The van der Waals surface area contributed by atoms with Gasteiger partial charge in [-0.2, -0.15) is 0 Å². The highest BCUT2D eigenvalue weighted by Gasteiger charge is 2.34. The Labute approximate surface area is 202 Å². The van der Waals surface area contributed by atoms with Gasteiger partial charge in [0.2, 0.25) is 0 Å². The first-order valence-electron chi connectivity index (χ1n) is 11.2. The van der Waals surface area contributed by atoms with Crippen molar-refractivity contribution in [1.29, 1.82) is 0 Å². The molecule has 0 saturated heterocycles. The molecule has 10 heteroatoms. The van der Waals surface area contributed by atoms with Gasteiger partial charge in [0, 0.05) is 24.5 Å². The molecule has 2 aromatic heterocycles. The Hall–Kier alpha value is -2.85. The van der Waals surface area contributed by atoms with Crippen LogP contribution in [0.4, 0.5) is 26.0 Å². The first kappa shape index (κ1) is 25.8. The van der Waals surface area contributed by atoms with Crippen molar-refractivity contribution in [3.05, 3.63) is 41.5 Å². The van der Waals surface area contributed by atoms with Crippen molar-refractivity contribution >= 4 is 44.7 Å². The number of carbonyl (C=O) groups is 1. The minimum Gasteiger partial charge on any atom is -0.387 e. The van der Waals surface area contributed by atoms with Gasteiger partial charge in [-0.05, 0) is 44.9 Å². The van der Waals surface area contributed by atoms with Crippen LogP contribution in [0.2, 0.25) is 0 Å². The van der Waals surface area contributed by atoms with Gasteiger partial charge in [0.25, 0.3) is 5.91 Å². The van der Waals surface area contributed by atoms with Crippen molar-refractivity contribution in [2.24, 2.45) is 0 Å². The fourth-order valence-corrected chi connectivity index (χ4v) is 4.11. The van der Waals surface area contributed by atoms with Crippen molar-refractivity contribution in [3.63, 3.8) is 0 Å². The van der Waals surface area contributed by atoms with Crippen LogP contribution in [-0.4, -0.2) is 51.5 Å². The zero-order valence-corrected chi connectivity index (χ0v) is 20.6. The maximum Gasteiger partial charge on any atom is 0.255 e. The van der Waals surface area contributed by atoms with Crippen LogP contribution >= 0.6 is 11.3 Å². The highest BCUT2D eigenvalue weighted by atomic mass is 32.1. The van der Waals surface area contributed by atoms with Crippen molar-refractivity contribution in [3.8, 4) is 0 Å². The Bertz CT molecular complexity index is 1130. The minimum absolute atomic E-state index is 0.0410. The Morgan fingerprint density at radius 3 is 2.62 bits per heavy atom. The van der Waals surface area contributed by atoms with Crippen LogP contribution in [0.3, 0.4) is 0 Å². The smallest absolute Gasteiger partial charge is 0.255 e. The van der Waals surface area contributed by atoms with Crippen LogP contribution < -0.4 is 16.0 Å².